The Morgan fingerprint density at radius 2 is 1.52 bits per heavy atom. The molecule has 3 aromatic rings. The molecule has 0 atom stereocenters. The summed E-state index contributed by atoms with van der Waals surface area (Å²) in [5, 5.41) is 8.07. The summed E-state index contributed by atoms with van der Waals surface area (Å²) in [5.41, 5.74) is 1.38. The Balaban J connectivity index is 1.47. The standard InChI is InChI=1S/C22H21F2N5O2/c1-15-20(25-26-29(15)17-9-7-16(23)8-10-17)22(31)28-12-4-11-27(13-14-28)21(30)18-5-2-3-6-19(18)24/h2-3,5-10H,4,11-14H2,1H3. The van der Waals surface area contributed by atoms with Gasteiger partial charge in [0, 0.05) is 26.2 Å². The summed E-state index contributed by atoms with van der Waals surface area (Å²) in [6.07, 6.45) is 0.567. The van der Waals surface area contributed by atoms with Crippen LogP contribution in [0.4, 0.5) is 8.78 Å². The van der Waals surface area contributed by atoms with E-state index in [9.17, 15) is 18.4 Å². The first-order valence-corrected chi connectivity index (χ1v) is 9.97. The number of aromatic nitrogens is 3. The number of carbonyl (C=O) groups is 2. The monoisotopic (exact) mass is 425 g/mol. The molecule has 0 aliphatic carbocycles. The van der Waals surface area contributed by atoms with Crippen LogP contribution in [0, 0.1) is 18.6 Å². The molecule has 4 rings (SSSR count). The highest BCUT2D eigenvalue weighted by atomic mass is 19.1. The van der Waals surface area contributed by atoms with Gasteiger partial charge in [0.1, 0.15) is 11.6 Å². The normalized spacial score (nSPS) is 14.4. The Bertz CT molecular complexity index is 1110. The van der Waals surface area contributed by atoms with Crippen LogP contribution in [0.2, 0.25) is 0 Å². The van der Waals surface area contributed by atoms with Gasteiger partial charge >= 0.3 is 0 Å². The number of benzene rings is 2. The highest BCUT2D eigenvalue weighted by Gasteiger charge is 2.27. The molecule has 0 N–H and O–H groups in total. The van der Waals surface area contributed by atoms with Crippen LogP contribution in [-0.4, -0.2) is 62.8 Å². The second-order valence-corrected chi connectivity index (χ2v) is 7.33. The fourth-order valence-corrected chi connectivity index (χ4v) is 3.63. The van der Waals surface area contributed by atoms with Gasteiger partial charge in [0.15, 0.2) is 5.69 Å². The molecule has 1 aliphatic rings. The smallest absolute Gasteiger partial charge is 0.276 e. The summed E-state index contributed by atoms with van der Waals surface area (Å²) in [7, 11) is 0. The zero-order chi connectivity index (χ0) is 22.0. The van der Waals surface area contributed by atoms with Crippen LogP contribution >= 0.6 is 0 Å². The lowest BCUT2D eigenvalue weighted by Crippen LogP contribution is -2.38. The van der Waals surface area contributed by atoms with Crippen molar-refractivity contribution >= 4 is 11.8 Å². The minimum Gasteiger partial charge on any atom is -0.337 e. The van der Waals surface area contributed by atoms with Crippen LogP contribution in [0.3, 0.4) is 0 Å². The maximum atomic E-state index is 14.0. The van der Waals surface area contributed by atoms with Gasteiger partial charge in [-0.25, -0.2) is 13.5 Å². The first kappa shape index (κ1) is 20.6. The van der Waals surface area contributed by atoms with Gasteiger partial charge in [-0.3, -0.25) is 9.59 Å². The molecule has 1 fully saturated rings. The molecule has 2 aromatic carbocycles. The predicted molar refractivity (Wildman–Crippen MR) is 109 cm³/mol. The van der Waals surface area contributed by atoms with Gasteiger partial charge in [-0.05, 0) is 49.7 Å². The zero-order valence-electron chi connectivity index (χ0n) is 17.0. The molecule has 31 heavy (non-hydrogen) atoms. The van der Waals surface area contributed by atoms with Crippen molar-refractivity contribution in [3.05, 3.63) is 77.1 Å². The molecule has 160 valence electrons. The van der Waals surface area contributed by atoms with E-state index in [4.69, 9.17) is 0 Å². The van der Waals surface area contributed by atoms with E-state index in [2.05, 4.69) is 10.3 Å². The minimum atomic E-state index is -0.558. The third kappa shape index (κ3) is 4.16. The number of hydrogen-bond donors (Lipinski definition) is 0. The van der Waals surface area contributed by atoms with Gasteiger partial charge in [-0.2, -0.15) is 0 Å². The van der Waals surface area contributed by atoms with Crippen LogP contribution in [0.25, 0.3) is 5.69 Å². The molecular weight excluding hydrogens is 404 g/mol. The van der Waals surface area contributed by atoms with Crippen molar-refractivity contribution in [2.75, 3.05) is 26.2 Å². The van der Waals surface area contributed by atoms with E-state index in [1.807, 2.05) is 0 Å². The van der Waals surface area contributed by atoms with Crippen LogP contribution < -0.4 is 0 Å². The lowest BCUT2D eigenvalue weighted by Gasteiger charge is -2.22. The molecular formula is C22H21F2N5O2. The molecule has 0 spiro atoms. The first-order valence-electron chi connectivity index (χ1n) is 9.97. The molecule has 1 saturated heterocycles. The largest absolute Gasteiger partial charge is 0.337 e. The molecule has 0 saturated carbocycles. The highest BCUT2D eigenvalue weighted by molar-refractivity contribution is 5.95. The molecule has 0 radical (unpaired) electrons. The fourth-order valence-electron chi connectivity index (χ4n) is 3.63. The van der Waals surface area contributed by atoms with E-state index >= 15 is 0 Å². The lowest BCUT2D eigenvalue weighted by atomic mass is 10.2. The predicted octanol–water partition coefficient (Wildman–Crippen LogP) is 2.84. The third-order valence-electron chi connectivity index (χ3n) is 5.34. The molecule has 1 aliphatic heterocycles. The van der Waals surface area contributed by atoms with Crippen molar-refractivity contribution < 1.29 is 18.4 Å². The molecule has 2 heterocycles. The average molecular weight is 425 g/mol. The Kier molecular flexibility index (Phi) is 5.75. The van der Waals surface area contributed by atoms with Gasteiger partial charge in [0.05, 0.1) is 16.9 Å². The highest BCUT2D eigenvalue weighted by Crippen LogP contribution is 2.17. The van der Waals surface area contributed by atoms with E-state index in [0.29, 0.717) is 44.0 Å². The number of hydrogen-bond acceptors (Lipinski definition) is 4. The maximum absolute atomic E-state index is 14.0. The van der Waals surface area contributed by atoms with Crippen molar-refractivity contribution in [2.45, 2.75) is 13.3 Å². The van der Waals surface area contributed by atoms with Crippen LogP contribution in [0.5, 0.6) is 0 Å². The first-order chi connectivity index (χ1) is 15.0. The van der Waals surface area contributed by atoms with E-state index < -0.39 is 5.82 Å². The maximum Gasteiger partial charge on any atom is 0.276 e. The van der Waals surface area contributed by atoms with Gasteiger partial charge in [0.25, 0.3) is 11.8 Å². The van der Waals surface area contributed by atoms with Gasteiger partial charge < -0.3 is 9.80 Å². The average Bonchev–Trinajstić information content (AvgIpc) is 2.99. The Labute approximate surface area is 177 Å². The SMILES string of the molecule is Cc1c(C(=O)N2CCCN(C(=O)c3ccccc3F)CC2)nnn1-c1ccc(F)cc1. The Morgan fingerprint density at radius 1 is 0.871 bits per heavy atom. The van der Waals surface area contributed by atoms with Crippen molar-refractivity contribution in [1.29, 1.82) is 0 Å². The molecule has 0 bridgehead atoms. The van der Waals surface area contributed by atoms with Crippen molar-refractivity contribution in [1.82, 2.24) is 24.8 Å². The van der Waals surface area contributed by atoms with Crippen LogP contribution in [0.15, 0.2) is 48.5 Å². The molecule has 1 aromatic heterocycles. The summed E-state index contributed by atoms with van der Waals surface area (Å²) >= 11 is 0. The summed E-state index contributed by atoms with van der Waals surface area (Å²) in [6.45, 7) is 3.20. The number of amides is 2. The lowest BCUT2D eigenvalue weighted by molar-refractivity contribution is 0.0712. The number of rotatable bonds is 3. The minimum absolute atomic E-state index is 0.0281. The topological polar surface area (TPSA) is 71.3 Å². The van der Waals surface area contributed by atoms with Crippen LogP contribution in [-0.2, 0) is 0 Å². The third-order valence-corrected chi connectivity index (χ3v) is 5.34. The Hall–Kier alpha value is -3.62. The van der Waals surface area contributed by atoms with Crippen LogP contribution in [0.1, 0.15) is 33.0 Å². The second-order valence-electron chi connectivity index (χ2n) is 7.33. The Morgan fingerprint density at radius 3 is 2.19 bits per heavy atom. The quantitative estimate of drug-likeness (QED) is 0.647. The molecule has 0 unspecified atom stereocenters. The molecule has 7 nitrogen and oxygen atoms in total. The summed E-state index contributed by atoms with van der Waals surface area (Å²) in [5.74, 6) is -1.59. The van der Waals surface area contributed by atoms with E-state index in [1.165, 1.54) is 35.0 Å². The fraction of sp³-hybridized carbons (Fsp3) is 0.273. The van der Waals surface area contributed by atoms with Gasteiger partial charge in [-0.1, -0.05) is 17.3 Å². The zero-order valence-corrected chi connectivity index (χ0v) is 17.0. The van der Waals surface area contributed by atoms with Crippen molar-refractivity contribution in [3.63, 3.8) is 0 Å². The van der Waals surface area contributed by atoms with Gasteiger partial charge in [-0.15, -0.1) is 5.10 Å². The second kappa shape index (κ2) is 8.63. The molecule has 9 heteroatoms. The summed E-state index contributed by atoms with van der Waals surface area (Å²) in [6, 6.07) is 11.6. The summed E-state index contributed by atoms with van der Waals surface area (Å²) < 4.78 is 28.6. The van der Waals surface area contributed by atoms with Gasteiger partial charge in [0.2, 0.25) is 0 Å². The van der Waals surface area contributed by atoms with Crippen molar-refractivity contribution in [3.8, 4) is 5.69 Å². The van der Waals surface area contributed by atoms with E-state index in [0.717, 1.165) is 0 Å². The number of carbonyl (C=O) groups excluding carboxylic acids is 2. The van der Waals surface area contributed by atoms with E-state index in [1.54, 1.807) is 34.9 Å². The number of halogens is 2. The summed E-state index contributed by atoms with van der Waals surface area (Å²) in [4.78, 5) is 28.9. The molecule has 2 amide bonds. The van der Waals surface area contributed by atoms with E-state index in [-0.39, 0.29) is 28.9 Å². The van der Waals surface area contributed by atoms with Crippen molar-refractivity contribution in [2.24, 2.45) is 0 Å². The number of nitrogens with zero attached hydrogens (tertiary/aromatic N) is 5.